The summed E-state index contributed by atoms with van der Waals surface area (Å²) in [6.45, 7) is 3.66. The Hall–Kier alpha value is -3.27. The number of esters is 6. The van der Waals surface area contributed by atoms with Gasteiger partial charge in [-0.15, -0.1) is 0 Å². The number of rotatable bonds is 15. The Bertz CT molecular complexity index is 831. The molecule has 0 radical (unpaired) electrons. The van der Waals surface area contributed by atoms with E-state index < -0.39 is 85.2 Å². The summed E-state index contributed by atoms with van der Waals surface area (Å²) in [5.41, 5.74) is 21.9. The first-order valence-corrected chi connectivity index (χ1v) is 11.1. The molecule has 0 amide bonds. The standard InChI is InChI=1S/C21H34N4O11/c1-10(2)9-14(25)21(33)36-20(32)13(24)5-8-16(27)34-15(26)7-4-12(23)19(31)35-17(28)6-3-11(22)18(29)30/h10-14H,3-9,22-25H2,1-2H3,(H,29,30)/t11-,12-,13-,14-/m0/s1. The van der Waals surface area contributed by atoms with Gasteiger partial charge in [-0.1, -0.05) is 13.8 Å². The van der Waals surface area contributed by atoms with Gasteiger partial charge in [0.1, 0.15) is 24.2 Å². The minimum Gasteiger partial charge on any atom is -0.480 e. The van der Waals surface area contributed by atoms with E-state index >= 15 is 0 Å². The zero-order valence-corrected chi connectivity index (χ0v) is 20.2. The average molecular weight is 519 g/mol. The Balaban J connectivity index is 4.30. The summed E-state index contributed by atoms with van der Waals surface area (Å²) >= 11 is 0. The van der Waals surface area contributed by atoms with Crippen LogP contribution in [0.3, 0.4) is 0 Å². The van der Waals surface area contributed by atoms with Gasteiger partial charge in [0.05, 0.1) is 0 Å². The van der Waals surface area contributed by atoms with Crippen molar-refractivity contribution in [3.63, 3.8) is 0 Å². The quantitative estimate of drug-likeness (QED) is 0.0888. The minimum absolute atomic E-state index is 0.0984. The average Bonchev–Trinajstić information content (AvgIpc) is 2.78. The molecule has 0 fully saturated rings. The smallest absolute Gasteiger partial charge is 0.330 e. The van der Waals surface area contributed by atoms with Crippen LogP contribution in [0.4, 0.5) is 0 Å². The lowest BCUT2D eigenvalue weighted by molar-refractivity contribution is -0.163. The van der Waals surface area contributed by atoms with Crippen LogP contribution in [0.2, 0.25) is 0 Å². The molecule has 36 heavy (non-hydrogen) atoms. The van der Waals surface area contributed by atoms with Gasteiger partial charge in [-0.25, -0.2) is 14.4 Å². The van der Waals surface area contributed by atoms with Gasteiger partial charge in [-0.2, -0.15) is 0 Å². The first-order valence-electron chi connectivity index (χ1n) is 11.1. The summed E-state index contributed by atoms with van der Waals surface area (Å²) in [7, 11) is 0. The van der Waals surface area contributed by atoms with Crippen molar-refractivity contribution in [3.05, 3.63) is 0 Å². The van der Waals surface area contributed by atoms with Crippen molar-refractivity contribution in [3.8, 4) is 0 Å². The van der Waals surface area contributed by atoms with Gasteiger partial charge in [-0.3, -0.25) is 19.2 Å². The van der Waals surface area contributed by atoms with Crippen LogP contribution >= 0.6 is 0 Å². The lowest BCUT2D eigenvalue weighted by Crippen LogP contribution is -2.40. The molecule has 4 atom stereocenters. The van der Waals surface area contributed by atoms with Crippen molar-refractivity contribution in [2.75, 3.05) is 0 Å². The monoisotopic (exact) mass is 518 g/mol. The fourth-order valence-corrected chi connectivity index (χ4v) is 2.50. The predicted molar refractivity (Wildman–Crippen MR) is 120 cm³/mol. The van der Waals surface area contributed by atoms with E-state index in [-0.39, 0.29) is 25.2 Å². The maximum atomic E-state index is 11.8. The fourth-order valence-electron chi connectivity index (χ4n) is 2.50. The van der Waals surface area contributed by atoms with Crippen LogP contribution in [0, 0.1) is 5.92 Å². The summed E-state index contributed by atoms with van der Waals surface area (Å²) in [6.07, 6.45) is -1.92. The number of carboxylic acid groups (broad SMARTS) is 1. The molecule has 0 unspecified atom stereocenters. The first-order chi connectivity index (χ1) is 16.6. The topological polar surface area (TPSA) is 271 Å². The Kier molecular flexibility index (Phi) is 14.9. The second-order valence-corrected chi connectivity index (χ2v) is 8.39. The Morgan fingerprint density at radius 1 is 0.583 bits per heavy atom. The lowest BCUT2D eigenvalue weighted by Gasteiger charge is -2.14. The summed E-state index contributed by atoms with van der Waals surface area (Å²) in [4.78, 5) is 81.0. The fraction of sp³-hybridized carbons (Fsp3) is 0.667. The number of carbonyl (C=O) groups excluding carboxylic acids is 6. The van der Waals surface area contributed by atoms with Gasteiger partial charge in [0, 0.05) is 19.3 Å². The second kappa shape index (κ2) is 16.4. The minimum atomic E-state index is -1.40. The molecule has 0 saturated carbocycles. The number of carboxylic acids is 1. The first kappa shape index (κ1) is 32.7. The highest BCUT2D eigenvalue weighted by Gasteiger charge is 2.25. The molecule has 204 valence electrons. The third kappa shape index (κ3) is 14.2. The lowest BCUT2D eigenvalue weighted by atomic mass is 10.0. The highest BCUT2D eigenvalue weighted by Crippen LogP contribution is 2.07. The second-order valence-electron chi connectivity index (χ2n) is 8.39. The van der Waals surface area contributed by atoms with Gasteiger partial charge in [-0.05, 0) is 31.6 Å². The molecule has 0 bridgehead atoms. The number of ether oxygens (including phenoxy) is 3. The number of hydrogen-bond donors (Lipinski definition) is 5. The van der Waals surface area contributed by atoms with E-state index in [1.165, 1.54) is 0 Å². The van der Waals surface area contributed by atoms with Crippen LogP contribution in [0.1, 0.15) is 58.8 Å². The molecule has 0 saturated heterocycles. The molecule has 0 aliphatic heterocycles. The molecule has 0 aromatic rings. The Morgan fingerprint density at radius 2 is 0.944 bits per heavy atom. The van der Waals surface area contributed by atoms with Crippen LogP contribution in [-0.4, -0.2) is 71.1 Å². The number of nitrogens with two attached hydrogens (primary N) is 4. The van der Waals surface area contributed by atoms with E-state index in [2.05, 4.69) is 14.2 Å². The maximum absolute atomic E-state index is 11.8. The largest absolute Gasteiger partial charge is 0.480 e. The van der Waals surface area contributed by atoms with E-state index in [0.717, 1.165) is 0 Å². The maximum Gasteiger partial charge on any atom is 0.330 e. The number of aliphatic carboxylic acids is 1. The van der Waals surface area contributed by atoms with E-state index in [1.807, 2.05) is 13.8 Å². The summed E-state index contributed by atoms with van der Waals surface area (Å²) in [6, 6.07) is -5.04. The molecular formula is C21H34N4O11. The van der Waals surface area contributed by atoms with E-state index in [4.69, 9.17) is 28.0 Å². The summed E-state index contributed by atoms with van der Waals surface area (Å²) in [5, 5.41) is 8.63. The van der Waals surface area contributed by atoms with Crippen molar-refractivity contribution >= 4 is 41.8 Å². The van der Waals surface area contributed by atoms with Crippen molar-refractivity contribution in [1.82, 2.24) is 0 Å². The Morgan fingerprint density at radius 3 is 1.36 bits per heavy atom. The van der Waals surface area contributed by atoms with Crippen molar-refractivity contribution in [2.45, 2.75) is 83.0 Å². The predicted octanol–water partition coefficient (Wildman–Crippen LogP) is -2.02. The highest BCUT2D eigenvalue weighted by atomic mass is 16.6. The molecule has 0 aliphatic carbocycles. The van der Waals surface area contributed by atoms with E-state index in [0.29, 0.717) is 6.42 Å². The molecule has 9 N–H and O–H groups in total. The zero-order valence-electron chi connectivity index (χ0n) is 20.2. The molecule has 0 rings (SSSR count). The SMILES string of the molecule is CC(C)C[C@H](N)C(=O)OC(=O)[C@@H](N)CCC(=O)OC(=O)CC[C@H](N)C(=O)OC(=O)CC[C@H](N)C(=O)O. The van der Waals surface area contributed by atoms with Crippen LogP contribution in [0.15, 0.2) is 0 Å². The van der Waals surface area contributed by atoms with Gasteiger partial charge in [0.15, 0.2) is 0 Å². The normalized spacial score (nSPS) is 14.2. The highest BCUT2D eigenvalue weighted by molar-refractivity contribution is 5.91. The zero-order chi connectivity index (χ0) is 28.0. The van der Waals surface area contributed by atoms with Crippen LogP contribution in [0.5, 0.6) is 0 Å². The van der Waals surface area contributed by atoms with E-state index in [1.54, 1.807) is 0 Å². The van der Waals surface area contributed by atoms with Crippen LogP contribution < -0.4 is 22.9 Å². The summed E-state index contributed by atoms with van der Waals surface area (Å²) in [5.74, 6) is -7.50. The van der Waals surface area contributed by atoms with Crippen molar-refractivity contribution < 1.29 is 52.9 Å². The van der Waals surface area contributed by atoms with Crippen molar-refractivity contribution in [1.29, 1.82) is 0 Å². The van der Waals surface area contributed by atoms with Crippen LogP contribution in [-0.2, 0) is 47.8 Å². The van der Waals surface area contributed by atoms with Gasteiger partial charge < -0.3 is 42.3 Å². The molecule has 0 aromatic heterocycles. The number of hydrogen-bond acceptors (Lipinski definition) is 14. The third-order valence-corrected chi connectivity index (χ3v) is 4.57. The molecule has 0 spiro atoms. The van der Waals surface area contributed by atoms with E-state index in [9.17, 15) is 33.6 Å². The van der Waals surface area contributed by atoms with Crippen LogP contribution in [0.25, 0.3) is 0 Å². The molecule has 0 heterocycles. The van der Waals surface area contributed by atoms with Gasteiger partial charge >= 0.3 is 41.8 Å². The Labute approximate surface area is 207 Å². The summed E-state index contributed by atoms with van der Waals surface area (Å²) < 4.78 is 13.5. The molecule has 15 nitrogen and oxygen atoms in total. The van der Waals surface area contributed by atoms with Gasteiger partial charge in [0.2, 0.25) is 0 Å². The number of carbonyl (C=O) groups is 7. The molecule has 0 aromatic carbocycles. The third-order valence-electron chi connectivity index (χ3n) is 4.57. The molecule has 15 heteroatoms. The molecular weight excluding hydrogens is 484 g/mol. The molecule has 0 aliphatic rings. The van der Waals surface area contributed by atoms with Crippen molar-refractivity contribution in [2.24, 2.45) is 28.9 Å². The van der Waals surface area contributed by atoms with Gasteiger partial charge in [0.25, 0.3) is 0 Å².